The van der Waals surface area contributed by atoms with E-state index in [1.165, 1.54) is 0 Å². The quantitative estimate of drug-likeness (QED) is 0.894. The number of benzene rings is 1. The number of aromatic nitrogens is 2. The Labute approximate surface area is 142 Å². The summed E-state index contributed by atoms with van der Waals surface area (Å²) in [6.45, 7) is 3.87. The van der Waals surface area contributed by atoms with Crippen molar-refractivity contribution in [2.24, 2.45) is 5.73 Å². The molecule has 0 spiro atoms. The second kappa shape index (κ2) is 8.31. The van der Waals surface area contributed by atoms with E-state index in [1.54, 1.807) is 7.11 Å². The van der Waals surface area contributed by atoms with Crippen LogP contribution in [0.3, 0.4) is 0 Å². The molecule has 23 heavy (non-hydrogen) atoms. The molecule has 2 N–H and O–H groups in total. The van der Waals surface area contributed by atoms with Gasteiger partial charge >= 0.3 is 0 Å². The van der Waals surface area contributed by atoms with Crippen molar-refractivity contribution in [1.82, 2.24) is 14.7 Å². The molecule has 1 aliphatic heterocycles. The first-order valence-electron chi connectivity index (χ1n) is 7.52. The number of hydrogen-bond donors (Lipinski definition) is 1. The molecule has 1 atom stereocenters. The van der Waals surface area contributed by atoms with Crippen molar-refractivity contribution in [3.05, 3.63) is 42.2 Å². The van der Waals surface area contributed by atoms with E-state index in [0.717, 1.165) is 43.4 Å². The fraction of sp³-hybridized carbons (Fsp3) is 0.438. The smallest absolute Gasteiger partial charge is 0.144 e. The van der Waals surface area contributed by atoms with Gasteiger partial charge in [0.05, 0.1) is 25.5 Å². The van der Waals surface area contributed by atoms with Gasteiger partial charge in [0.25, 0.3) is 0 Å². The van der Waals surface area contributed by atoms with Crippen LogP contribution in [0.5, 0.6) is 5.75 Å². The van der Waals surface area contributed by atoms with Crippen LogP contribution in [0.1, 0.15) is 5.69 Å². The van der Waals surface area contributed by atoms with Gasteiger partial charge in [0.1, 0.15) is 11.4 Å². The zero-order valence-corrected chi connectivity index (χ0v) is 14.0. The van der Waals surface area contributed by atoms with Gasteiger partial charge in [-0.2, -0.15) is 5.10 Å². The third kappa shape index (κ3) is 4.03. The largest absolute Gasteiger partial charge is 0.494 e. The third-order valence-corrected chi connectivity index (χ3v) is 3.91. The summed E-state index contributed by atoms with van der Waals surface area (Å²) in [6.07, 6.45) is 1.94. The number of nitrogens with zero attached hydrogens (tertiary/aromatic N) is 3. The van der Waals surface area contributed by atoms with Crippen LogP contribution in [0.2, 0.25) is 0 Å². The molecule has 3 rings (SSSR count). The molecule has 1 aromatic heterocycles. The van der Waals surface area contributed by atoms with Crippen LogP contribution in [-0.2, 0) is 11.3 Å². The molecule has 2 aromatic rings. The van der Waals surface area contributed by atoms with Crippen LogP contribution < -0.4 is 10.5 Å². The summed E-state index contributed by atoms with van der Waals surface area (Å²) in [5.41, 5.74) is 7.79. The van der Waals surface area contributed by atoms with E-state index in [1.807, 2.05) is 41.2 Å². The van der Waals surface area contributed by atoms with E-state index in [4.69, 9.17) is 15.2 Å². The van der Waals surface area contributed by atoms with Gasteiger partial charge in [-0.15, -0.1) is 12.4 Å². The SMILES string of the molecule is COc1ccccc1-n1nccc1CN1CCOC(CN)C1.Cl. The molecule has 126 valence electrons. The molecule has 1 aliphatic rings. The Morgan fingerprint density at radius 3 is 2.96 bits per heavy atom. The average molecular weight is 339 g/mol. The fourth-order valence-corrected chi connectivity index (χ4v) is 2.77. The van der Waals surface area contributed by atoms with E-state index >= 15 is 0 Å². The van der Waals surface area contributed by atoms with Crippen molar-refractivity contribution in [3.63, 3.8) is 0 Å². The van der Waals surface area contributed by atoms with Crippen LogP contribution in [0.15, 0.2) is 36.5 Å². The van der Waals surface area contributed by atoms with E-state index < -0.39 is 0 Å². The Hall–Kier alpha value is -1.60. The van der Waals surface area contributed by atoms with Crippen molar-refractivity contribution in [2.45, 2.75) is 12.6 Å². The number of morpholine rings is 1. The number of methoxy groups -OCH3 is 1. The van der Waals surface area contributed by atoms with Crippen LogP contribution >= 0.6 is 12.4 Å². The standard InChI is InChI=1S/C16H22N4O2.ClH/c1-21-16-5-3-2-4-15(16)20-13(6-7-18-20)11-19-8-9-22-14(10-17)12-19;/h2-7,14H,8-12,17H2,1H3;1H. The molecule has 1 unspecified atom stereocenters. The van der Waals surface area contributed by atoms with E-state index in [2.05, 4.69) is 10.00 Å². The zero-order chi connectivity index (χ0) is 15.4. The Morgan fingerprint density at radius 1 is 1.35 bits per heavy atom. The molecular formula is C16H23ClN4O2. The summed E-state index contributed by atoms with van der Waals surface area (Å²) in [5.74, 6) is 0.814. The molecule has 2 heterocycles. The lowest BCUT2D eigenvalue weighted by molar-refractivity contribution is -0.0266. The molecular weight excluding hydrogens is 316 g/mol. The van der Waals surface area contributed by atoms with Crippen LogP contribution in [0.25, 0.3) is 5.69 Å². The predicted molar refractivity (Wildman–Crippen MR) is 91.4 cm³/mol. The van der Waals surface area contributed by atoms with Gasteiger partial charge in [-0.25, -0.2) is 4.68 Å². The van der Waals surface area contributed by atoms with E-state index in [-0.39, 0.29) is 18.5 Å². The Morgan fingerprint density at radius 2 is 2.17 bits per heavy atom. The molecule has 0 radical (unpaired) electrons. The van der Waals surface area contributed by atoms with Gasteiger partial charge < -0.3 is 15.2 Å². The minimum absolute atomic E-state index is 0. The summed E-state index contributed by atoms with van der Waals surface area (Å²) in [6, 6.07) is 9.94. The highest BCUT2D eigenvalue weighted by Gasteiger charge is 2.21. The maximum atomic E-state index is 5.71. The Balaban J connectivity index is 0.00000192. The molecule has 0 aliphatic carbocycles. The molecule has 7 heteroatoms. The van der Waals surface area contributed by atoms with Crippen molar-refractivity contribution < 1.29 is 9.47 Å². The minimum atomic E-state index is 0. The number of nitrogens with two attached hydrogens (primary N) is 1. The lowest BCUT2D eigenvalue weighted by Gasteiger charge is -2.32. The second-order valence-electron chi connectivity index (χ2n) is 5.37. The number of rotatable bonds is 5. The van der Waals surface area contributed by atoms with Crippen molar-refractivity contribution in [3.8, 4) is 11.4 Å². The van der Waals surface area contributed by atoms with E-state index in [9.17, 15) is 0 Å². The summed E-state index contributed by atoms with van der Waals surface area (Å²) in [7, 11) is 1.68. The van der Waals surface area contributed by atoms with Crippen LogP contribution in [0.4, 0.5) is 0 Å². The third-order valence-electron chi connectivity index (χ3n) is 3.91. The normalized spacial score (nSPS) is 18.4. The molecule has 6 nitrogen and oxygen atoms in total. The molecule has 1 fully saturated rings. The van der Waals surface area contributed by atoms with Gasteiger partial charge in [-0.05, 0) is 18.2 Å². The number of ether oxygens (including phenoxy) is 2. The maximum Gasteiger partial charge on any atom is 0.144 e. The minimum Gasteiger partial charge on any atom is -0.494 e. The fourth-order valence-electron chi connectivity index (χ4n) is 2.77. The van der Waals surface area contributed by atoms with Gasteiger partial charge in [-0.3, -0.25) is 4.90 Å². The highest BCUT2D eigenvalue weighted by molar-refractivity contribution is 5.85. The summed E-state index contributed by atoms with van der Waals surface area (Å²) in [4.78, 5) is 2.35. The molecule has 1 aromatic carbocycles. The van der Waals surface area contributed by atoms with Gasteiger partial charge in [0.2, 0.25) is 0 Å². The summed E-state index contributed by atoms with van der Waals surface area (Å²) < 4.78 is 13.0. The summed E-state index contributed by atoms with van der Waals surface area (Å²) >= 11 is 0. The monoisotopic (exact) mass is 338 g/mol. The topological polar surface area (TPSA) is 65.5 Å². The highest BCUT2D eigenvalue weighted by atomic mass is 35.5. The maximum absolute atomic E-state index is 5.71. The molecule has 0 bridgehead atoms. The second-order valence-corrected chi connectivity index (χ2v) is 5.37. The van der Waals surface area contributed by atoms with Crippen molar-refractivity contribution in [2.75, 3.05) is 33.4 Å². The van der Waals surface area contributed by atoms with Crippen LogP contribution in [0, 0.1) is 0 Å². The van der Waals surface area contributed by atoms with Crippen molar-refractivity contribution in [1.29, 1.82) is 0 Å². The van der Waals surface area contributed by atoms with Crippen molar-refractivity contribution >= 4 is 12.4 Å². The first-order valence-corrected chi connectivity index (χ1v) is 7.52. The molecule has 1 saturated heterocycles. The number of hydrogen-bond acceptors (Lipinski definition) is 5. The number of para-hydroxylation sites is 2. The lowest BCUT2D eigenvalue weighted by Crippen LogP contribution is -2.45. The van der Waals surface area contributed by atoms with Gasteiger partial charge in [0.15, 0.2) is 0 Å². The predicted octanol–water partition coefficient (Wildman–Crippen LogP) is 1.46. The Kier molecular flexibility index (Phi) is 6.41. The average Bonchev–Trinajstić information content (AvgIpc) is 3.03. The van der Waals surface area contributed by atoms with Gasteiger partial charge in [-0.1, -0.05) is 12.1 Å². The summed E-state index contributed by atoms with van der Waals surface area (Å²) in [5, 5.41) is 4.45. The van der Waals surface area contributed by atoms with Crippen LogP contribution in [-0.4, -0.2) is 54.1 Å². The highest BCUT2D eigenvalue weighted by Crippen LogP contribution is 2.23. The molecule has 0 saturated carbocycles. The van der Waals surface area contributed by atoms with E-state index in [0.29, 0.717) is 6.54 Å². The number of halogens is 1. The van der Waals surface area contributed by atoms with Gasteiger partial charge in [0, 0.05) is 32.4 Å². The molecule has 0 amide bonds. The first-order chi connectivity index (χ1) is 10.8. The first kappa shape index (κ1) is 17.7. The Bertz CT molecular complexity index is 620. The lowest BCUT2D eigenvalue weighted by atomic mass is 10.2. The zero-order valence-electron chi connectivity index (χ0n) is 13.2.